The van der Waals surface area contributed by atoms with Crippen LogP contribution in [-0.2, 0) is 4.79 Å². The highest BCUT2D eigenvalue weighted by Crippen LogP contribution is 2.20. The lowest BCUT2D eigenvalue weighted by molar-refractivity contribution is -0.116. The van der Waals surface area contributed by atoms with Gasteiger partial charge in [-0.05, 0) is 24.3 Å². The number of nitrogens with one attached hydrogen (secondary N) is 1. The minimum atomic E-state index is -0.257. The van der Waals surface area contributed by atoms with Crippen molar-refractivity contribution in [1.82, 2.24) is 5.32 Å². The first-order chi connectivity index (χ1) is 7.63. The van der Waals surface area contributed by atoms with E-state index in [-0.39, 0.29) is 11.7 Å². The molecule has 5 heteroatoms. The van der Waals surface area contributed by atoms with Crippen LogP contribution in [0.5, 0.6) is 5.75 Å². The van der Waals surface area contributed by atoms with Gasteiger partial charge in [-0.25, -0.2) is 0 Å². The third kappa shape index (κ3) is 3.62. The molecule has 0 saturated heterocycles. The van der Waals surface area contributed by atoms with Crippen LogP contribution >= 0.6 is 0 Å². The van der Waals surface area contributed by atoms with E-state index in [4.69, 9.17) is 11.5 Å². The molecule has 1 aromatic rings. The van der Waals surface area contributed by atoms with Crippen LogP contribution in [-0.4, -0.2) is 24.1 Å². The van der Waals surface area contributed by atoms with Crippen molar-refractivity contribution in [2.24, 2.45) is 5.73 Å². The number of phenols is 1. The van der Waals surface area contributed by atoms with Crippen molar-refractivity contribution in [2.45, 2.75) is 0 Å². The fourth-order valence-corrected chi connectivity index (χ4v) is 1.13. The minimum Gasteiger partial charge on any atom is -0.507 e. The number of nitrogens with two attached hydrogens (primary N) is 2. The van der Waals surface area contributed by atoms with E-state index in [2.05, 4.69) is 5.32 Å². The Morgan fingerprint density at radius 1 is 1.50 bits per heavy atom. The molecule has 0 aliphatic rings. The molecule has 0 spiro atoms. The van der Waals surface area contributed by atoms with E-state index in [1.807, 2.05) is 0 Å². The Kier molecular flexibility index (Phi) is 4.35. The summed E-state index contributed by atoms with van der Waals surface area (Å²) < 4.78 is 0. The SMILES string of the molecule is NCCNC(=O)/C=C/c1cc(N)ccc1O. The maximum Gasteiger partial charge on any atom is 0.244 e. The molecule has 0 aliphatic heterocycles. The molecule has 1 aromatic carbocycles. The van der Waals surface area contributed by atoms with Crippen molar-refractivity contribution in [3.63, 3.8) is 0 Å². The molecule has 1 rings (SSSR count). The molecule has 86 valence electrons. The predicted octanol–water partition coefficient (Wildman–Crippen LogP) is 0.0625. The summed E-state index contributed by atoms with van der Waals surface area (Å²) >= 11 is 0. The topological polar surface area (TPSA) is 101 Å². The summed E-state index contributed by atoms with van der Waals surface area (Å²) in [6.45, 7) is 0.815. The molecule has 0 heterocycles. The molecule has 0 saturated carbocycles. The number of amides is 1. The number of carbonyl (C=O) groups excluding carboxylic acids is 1. The Morgan fingerprint density at radius 3 is 2.94 bits per heavy atom. The third-order valence-electron chi connectivity index (χ3n) is 1.91. The highest BCUT2D eigenvalue weighted by molar-refractivity contribution is 5.92. The molecule has 0 unspecified atom stereocenters. The Morgan fingerprint density at radius 2 is 2.25 bits per heavy atom. The van der Waals surface area contributed by atoms with Crippen molar-refractivity contribution in [1.29, 1.82) is 0 Å². The molecule has 0 fully saturated rings. The van der Waals surface area contributed by atoms with E-state index < -0.39 is 0 Å². The smallest absolute Gasteiger partial charge is 0.244 e. The first-order valence-corrected chi connectivity index (χ1v) is 4.88. The number of aromatic hydroxyl groups is 1. The number of hydrogen-bond acceptors (Lipinski definition) is 4. The number of carbonyl (C=O) groups is 1. The van der Waals surface area contributed by atoms with Gasteiger partial charge in [-0.3, -0.25) is 4.79 Å². The van der Waals surface area contributed by atoms with Gasteiger partial charge in [0.2, 0.25) is 5.91 Å². The first-order valence-electron chi connectivity index (χ1n) is 4.88. The zero-order valence-electron chi connectivity index (χ0n) is 8.81. The summed E-state index contributed by atoms with van der Waals surface area (Å²) in [5, 5.41) is 12.0. The van der Waals surface area contributed by atoms with Gasteiger partial charge in [-0.15, -0.1) is 0 Å². The van der Waals surface area contributed by atoms with E-state index in [1.165, 1.54) is 18.2 Å². The molecule has 0 radical (unpaired) electrons. The van der Waals surface area contributed by atoms with Gasteiger partial charge in [0, 0.05) is 30.4 Å². The van der Waals surface area contributed by atoms with Crippen LogP contribution in [0, 0.1) is 0 Å². The van der Waals surface area contributed by atoms with Crippen LogP contribution in [0.1, 0.15) is 5.56 Å². The molecule has 0 aromatic heterocycles. The van der Waals surface area contributed by atoms with E-state index in [0.29, 0.717) is 24.3 Å². The van der Waals surface area contributed by atoms with Crippen molar-refractivity contribution >= 4 is 17.7 Å². The molecule has 0 atom stereocenters. The lowest BCUT2D eigenvalue weighted by atomic mass is 10.1. The van der Waals surface area contributed by atoms with Gasteiger partial charge in [0.1, 0.15) is 5.75 Å². The van der Waals surface area contributed by atoms with Crippen LogP contribution in [0.2, 0.25) is 0 Å². The number of phenolic OH excluding ortho intramolecular Hbond substituents is 1. The average Bonchev–Trinajstić information content (AvgIpc) is 2.27. The summed E-state index contributed by atoms with van der Waals surface area (Å²) in [6.07, 6.45) is 2.82. The van der Waals surface area contributed by atoms with E-state index in [9.17, 15) is 9.90 Å². The molecule has 1 amide bonds. The Hall–Kier alpha value is -2.01. The molecule has 0 aliphatic carbocycles. The molecule has 0 bridgehead atoms. The molecular weight excluding hydrogens is 206 g/mol. The summed E-state index contributed by atoms with van der Waals surface area (Å²) in [5.74, 6) is -0.177. The zero-order chi connectivity index (χ0) is 12.0. The zero-order valence-corrected chi connectivity index (χ0v) is 8.81. The van der Waals surface area contributed by atoms with Gasteiger partial charge < -0.3 is 21.9 Å². The number of nitrogen functional groups attached to an aromatic ring is 1. The van der Waals surface area contributed by atoms with Crippen molar-refractivity contribution in [3.8, 4) is 5.75 Å². The van der Waals surface area contributed by atoms with Crippen LogP contribution in [0.4, 0.5) is 5.69 Å². The Labute approximate surface area is 93.8 Å². The second kappa shape index (κ2) is 5.77. The second-order valence-electron chi connectivity index (χ2n) is 3.23. The van der Waals surface area contributed by atoms with Gasteiger partial charge >= 0.3 is 0 Å². The van der Waals surface area contributed by atoms with Gasteiger partial charge in [0.25, 0.3) is 0 Å². The van der Waals surface area contributed by atoms with Crippen molar-refractivity contribution in [2.75, 3.05) is 18.8 Å². The van der Waals surface area contributed by atoms with E-state index >= 15 is 0 Å². The monoisotopic (exact) mass is 221 g/mol. The number of hydrogen-bond donors (Lipinski definition) is 4. The van der Waals surface area contributed by atoms with Crippen LogP contribution in [0.25, 0.3) is 6.08 Å². The van der Waals surface area contributed by atoms with Gasteiger partial charge in [0.15, 0.2) is 0 Å². The number of rotatable bonds is 4. The largest absolute Gasteiger partial charge is 0.507 e. The van der Waals surface area contributed by atoms with E-state index in [0.717, 1.165) is 0 Å². The summed E-state index contributed by atoms with van der Waals surface area (Å²) in [4.78, 5) is 11.2. The fraction of sp³-hybridized carbons (Fsp3) is 0.182. The van der Waals surface area contributed by atoms with Crippen molar-refractivity contribution < 1.29 is 9.90 Å². The normalized spacial score (nSPS) is 10.6. The lowest BCUT2D eigenvalue weighted by Gasteiger charge is -2.01. The minimum absolute atomic E-state index is 0.0806. The number of benzene rings is 1. The molecular formula is C11H15N3O2. The van der Waals surface area contributed by atoms with Gasteiger partial charge in [-0.1, -0.05) is 0 Å². The van der Waals surface area contributed by atoms with Crippen LogP contribution in [0.15, 0.2) is 24.3 Å². The Bertz CT molecular complexity index is 402. The quantitative estimate of drug-likeness (QED) is 0.328. The highest BCUT2D eigenvalue weighted by atomic mass is 16.3. The van der Waals surface area contributed by atoms with Crippen LogP contribution in [0.3, 0.4) is 0 Å². The summed E-state index contributed by atoms with van der Waals surface area (Å²) in [7, 11) is 0. The lowest BCUT2D eigenvalue weighted by Crippen LogP contribution is -2.27. The van der Waals surface area contributed by atoms with E-state index in [1.54, 1.807) is 12.1 Å². The molecule has 6 N–H and O–H groups in total. The van der Waals surface area contributed by atoms with Gasteiger partial charge in [0.05, 0.1) is 0 Å². The van der Waals surface area contributed by atoms with Crippen LogP contribution < -0.4 is 16.8 Å². The maximum atomic E-state index is 11.2. The first kappa shape index (κ1) is 12.1. The molecule has 16 heavy (non-hydrogen) atoms. The summed E-state index contributed by atoms with van der Waals surface area (Å²) in [6, 6.07) is 4.65. The highest BCUT2D eigenvalue weighted by Gasteiger charge is 1.98. The maximum absolute atomic E-state index is 11.2. The fourth-order valence-electron chi connectivity index (χ4n) is 1.13. The number of anilines is 1. The molecule has 5 nitrogen and oxygen atoms in total. The summed E-state index contributed by atoms with van der Waals surface area (Å²) in [5.41, 5.74) is 11.8. The van der Waals surface area contributed by atoms with Gasteiger partial charge in [-0.2, -0.15) is 0 Å². The van der Waals surface area contributed by atoms with Crippen molar-refractivity contribution in [3.05, 3.63) is 29.8 Å². The average molecular weight is 221 g/mol. The Balaban J connectivity index is 2.68. The standard InChI is InChI=1S/C11H15N3O2/c12-5-6-14-11(16)4-1-8-7-9(13)2-3-10(8)15/h1-4,7,15H,5-6,12-13H2,(H,14,16)/b4-1+. The second-order valence-corrected chi connectivity index (χ2v) is 3.23. The predicted molar refractivity (Wildman–Crippen MR) is 63.6 cm³/mol. The third-order valence-corrected chi connectivity index (χ3v) is 1.91.